The minimum atomic E-state index is -0.316. The zero-order valence-corrected chi connectivity index (χ0v) is 16.4. The molecule has 2 aromatic heterocycles. The first kappa shape index (κ1) is 18.4. The highest BCUT2D eigenvalue weighted by Gasteiger charge is 2.23. The number of methoxy groups -OCH3 is 1. The summed E-state index contributed by atoms with van der Waals surface area (Å²) in [7, 11) is 1.58. The minimum Gasteiger partial charge on any atom is -0.497 e. The van der Waals surface area contributed by atoms with Gasteiger partial charge in [-0.25, -0.2) is 18.7 Å². The lowest BCUT2D eigenvalue weighted by Gasteiger charge is -2.06. The number of benzene rings is 2. The Morgan fingerprint density at radius 1 is 1.20 bits per heavy atom. The molecule has 1 saturated carbocycles. The van der Waals surface area contributed by atoms with Crippen LogP contribution in [0.1, 0.15) is 18.4 Å². The van der Waals surface area contributed by atoms with E-state index in [0.29, 0.717) is 34.6 Å². The summed E-state index contributed by atoms with van der Waals surface area (Å²) in [6.45, 7) is 0.283. The van der Waals surface area contributed by atoms with Crippen LogP contribution in [-0.4, -0.2) is 32.3 Å². The van der Waals surface area contributed by atoms with Crippen molar-refractivity contribution in [3.63, 3.8) is 0 Å². The maximum atomic E-state index is 13.4. The largest absolute Gasteiger partial charge is 0.497 e. The zero-order chi connectivity index (χ0) is 20.7. The molecule has 0 bridgehead atoms. The second-order valence-corrected chi connectivity index (χ2v) is 7.35. The lowest BCUT2D eigenvalue weighted by atomic mass is 10.2. The third kappa shape index (κ3) is 3.41. The second-order valence-electron chi connectivity index (χ2n) is 7.35. The molecule has 0 aliphatic heterocycles. The molecule has 5 rings (SSSR count). The second kappa shape index (κ2) is 7.29. The third-order valence-electron chi connectivity index (χ3n) is 5.15. The van der Waals surface area contributed by atoms with Crippen molar-refractivity contribution in [1.29, 1.82) is 0 Å². The number of anilines is 1. The minimum absolute atomic E-state index is 0.250. The molecule has 0 atom stereocenters. The van der Waals surface area contributed by atoms with Crippen molar-refractivity contribution in [2.24, 2.45) is 0 Å². The number of ether oxygens (including phenoxy) is 1. The SMILES string of the molecule is COc1cccc(-n2c(=O)n(Cc3ccc(F)cc3)c3cnc(NC4CC4)nc32)c1. The molecule has 0 saturated heterocycles. The first-order valence-corrected chi connectivity index (χ1v) is 9.76. The Labute approximate surface area is 171 Å². The van der Waals surface area contributed by atoms with Gasteiger partial charge in [0, 0.05) is 12.1 Å². The van der Waals surface area contributed by atoms with E-state index in [4.69, 9.17) is 4.74 Å². The van der Waals surface area contributed by atoms with Crippen LogP contribution in [-0.2, 0) is 6.54 Å². The molecule has 1 aliphatic carbocycles. The summed E-state index contributed by atoms with van der Waals surface area (Å²) in [6, 6.07) is 13.8. The fourth-order valence-electron chi connectivity index (χ4n) is 3.42. The Morgan fingerprint density at radius 2 is 2.00 bits per heavy atom. The molecule has 7 nitrogen and oxygen atoms in total. The summed E-state index contributed by atoms with van der Waals surface area (Å²) in [5.41, 5.74) is 2.32. The Bertz CT molecular complexity index is 1280. The van der Waals surface area contributed by atoms with Crippen LogP contribution in [0.4, 0.5) is 10.3 Å². The molecule has 0 radical (unpaired) electrons. The third-order valence-corrected chi connectivity index (χ3v) is 5.15. The number of imidazole rings is 1. The molecular weight excluding hydrogens is 385 g/mol. The molecule has 2 aromatic carbocycles. The van der Waals surface area contributed by atoms with Gasteiger partial charge in [-0.3, -0.25) is 4.57 Å². The number of hydrogen-bond acceptors (Lipinski definition) is 5. The Kier molecular flexibility index (Phi) is 4.46. The molecule has 1 fully saturated rings. The molecule has 8 heteroatoms. The van der Waals surface area contributed by atoms with Crippen LogP contribution in [0.3, 0.4) is 0 Å². The van der Waals surface area contributed by atoms with Crippen molar-refractivity contribution in [3.8, 4) is 11.4 Å². The standard InChI is InChI=1S/C22H20FN5O2/c1-30-18-4-2-3-17(11-18)28-20-19(12-24-21(26-20)25-16-9-10-16)27(22(28)29)13-14-5-7-15(23)8-6-14/h2-8,11-12,16H,9-10,13H2,1H3,(H,24,25,26). The number of rotatable bonds is 6. The van der Waals surface area contributed by atoms with Gasteiger partial charge in [-0.1, -0.05) is 18.2 Å². The van der Waals surface area contributed by atoms with E-state index in [1.807, 2.05) is 18.2 Å². The Balaban J connectivity index is 1.68. The number of nitrogens with one attached hydrogen (secondary N) is 1. The van der Waals surface area contributed by atoms with Crippen LogP contribution in [0.25, 0.3) is 16.9 Å². The first-order valence-electron chi connectivity index (χ1n) is 9.76. The van der Waals surface area contributed by atoms with Crippen molar-refractivity contribution in [1.82, 2.24) is 19.1 Å². The summed E-state index contributed by atoms with van der Waals surface area (Å²) < 4.78 is 21.8. The van der Waals surface area contributed by atoms with E-state index in [9.17, 15) is 9.18 Å². The maximum Gasteiger partial charge on any atom is 0.335 e. The summed E-state index contributed by atoms with van der Waals surface area (Å²) in [5.74, 6) is 0.828. The highest BCUT2D eigenvalue weighted by molar-refractivity contribution is 5.74. The molecule has 1 N–H and O–H groups in total. The van der Waals surface area contributed by atoms with E-state index in [-0.39, 0.29) is 18.1 Å². The number of halogens is 1. The average molecular weight is 405 g/mol. The number of hydrogen-bond donors (Lipinski definition) is 1. The number of fused-ring (bicyclic) bond motifs is 1. The van der Waals surface area contributed by atoms with Crippen LogP contribution in [0.15, 0.2) is 59.5 Å². The van der Waals surface area contributed by atoms with E-state index in [1.165, 1.54) is 12.1 Å². The molecule has 30 heavy (non-hydrogen) atoms. The molecule has 2 heterocycles. The quantitative estimate of drug-likeness (QED) is 0.533. The summed E-state index contributed by atoms with van der Waals surface area (Å²) in [5, 5.41) is 3.28. The highest BCUT2D eigenvalue weighted by Crippen LogP contribution is 2.25. The number of aromatic nitrogens is 4. The van der Waals surface area contributed by atoms with Crippen LogP contribution < -0.4 is 15.7 Å². The Morgan fingerprint density at radius 3 is 2.73 bits per heavy atom. The van der Waals surface area contributed by atoms with Gasteiger partial charge in [0.05, 0.1) is 25.5 Å². The van der Waals surface area contributed by atoms with Crippen molar-refractivity contribution >= 4 is 17.1 Å². The predicted molar refractivity (Wildman–Crippen MR) is 112 cm³/mol. The fraction of sp³-hybridized carbons (Fsp3) is 0.227. The van der Waals surface area contributed by atoms with E-state index in [2.05, 4.69) is 15.3 Å². The molecule has 0 amide bonds. The van der Waals surface area contributed by atoms with Crippen molar-refractivity contribution in [3.05, 3.63) is 76.6 Å². The molecule has 152 valence electrons. The smallest absolute Gasteiger partial charge is 0.335 e. The topological polar surface area (TPSA) is 74.0 Å². The first-order chi connectivity index (χ1) is 14.6. The van der Waals surface area contributed by atoms with Gasteiger partial charge >= 0.3 is 5.69 Å². The molecule has 0 unspecified atom stereocenters. The molecule has 0 spiro atoms. The normalized spacial score (nSPS) is 13.5. The molecule has 1 aliphatic rings. The average Bonchev–Trinajstić information content (AvgIpc) is 3.53. The monoisotopic (exact) mass is 405 g/mol. The van der Waals surface area contributed by atoms with Gasteiger partial charge in [0.1, 0.15) is 17.1 Å². The fourth-order valence-corrected chi connectivity index (χ4v) is 3.42. The zero-order valence-electron chi connectivity index (χ0n) is 16.4. The van der Waals surface area contributed by atoms with Gasteiger partial charge in [-0.2, -0.15) is 4.98 Å². The van der Waals surface area contributed by atoms with Gasteiger partial charge < -0.3 is 10.1 Å². The summed E-state index contributed by atoms with van der Waals surface area (Å²) >= 11 is 0. The van der Waals surface area contributed by atoms with Gasteiger partial charge in [-0.05, 0) is 42.7 Å². The number of nitrogens with zero attached hydrogens (tertiary/aromatic N) is 4. The van der Waals surface area contributed by atoms with Crippen molar-refractivity contribution in [2.75, 3.05) is 12.4 Å². The van der Waals surface area contributed by atoms with Gasteiger partial charge in [0.2, 0.25) is 5.95 Å². The predicted octanol–water partition coefficient (Wildman–Crippen LogP) is 3.35. The van der Waals surface area contributed by atoms with Crippen LogP contribution in [0, 0.1) is 5.82 Å². The van der Waals surface area contributed by atoms with Crippen LogP contribution in [0.2, 0.25) is 0 Å². The van der Waals surface area contributed by atoms with Gasteiger partial charge in [0.15, 0.2) is 5.65 Å². The van der Waals surface area contributed by atoms with E-state index in [0.717, 1.165) is 18.4 Å². The molecule has 4 aromatic rings. The lowest BCUT2D eigenvalue weighted by Crippen LogP contribution is -2.23. The van der Waals surface area contributed by atoms with Crippen LogP contribution in [0.5, 0.6) is 5.75 Å². The van der Waals surface area contributed by atoms with Crippen LogP contribution >= 0.6 is 0 Å². The molecular formula is C22H20FN5O2. The van der Waals surface area contributed by atoms with Crippen molar-refractivity contribution in [2.45, 2.75) is 25.4 Å². The summed E-state index contributed by atoms with van der Waals surface area (Å²) in [4.78, 5) is 22.5. The van der Waals surface area contributed by atoms with E-state index >= 15 is 0 Å². The van der Waals surface area contributed by atoms with Gasteiger partial charge in [-0.15, -0.1) is 0 Å². The summed E-state index contributed by atoms with van der Waals surface area (Å²) in [6.07, 6.45) is 3.85. The van der Waals surface area contributed by atoms with Crippen molar-refractivity contribution < 1.29 is 9.13 Å². The van der Waals surface area contributed by atoms with E-state index in [1.54, 1.807) is 40.6 Å². The lowest BCUT2D eigenvalue weighted by molar-refractivity contribution is 0.414. The highest BCUT2D eigenvalue weighted by atomic mass is 19.1. The maximum absolute atomic E-state index is 13.4. The van der Waals surface area contributed by atoms with E-state index < -0.39 is 0 Å². The Hall–Kier alpha value is -3.68. The van der Waals surface area contributed by atoms with Gasteiger partial charge in [0.25, 0.3) is 0 Å².